The summed E-state index contributed by atoms with van der Waals surface area (Å²) in [6, 6.07) is 16.5. The third kappa shape index (κ3) is 3.39. The van der Waals surface area contributed by atoms with Crippen LogP contribution in [0.5, 0.6) is 5.75 Å². The topological polar surface area (TPSA) is 35.7 Å². The number of halogens is 1. The molecule has 0 radical (unpaired) electrons. The summed E-state index contributed by atoms with van der Waals surface area (Å²) in [5.41, 5.74) is 2.28. The Morgan fingerprint density at radius 2 is 1.85 bits per heavy atom. The Labute approximate surface area is 171 Å². The maximum atomic E-state index is 11.7. The molecule has 1 atom stereocenters. The maximum Gasteiger partial charge on any atom is 0.271 e. The Balaban J connectivity index is 0.00000210. The van der Waals surface area contributed by atoms with Crippen LogP contribution in [0.4, 0.5) is 5.69 Å². The number of anilines is 1. The van der Waals surface area contributed by atoms with E-state index >= 15 is 0 Å². The molecule has 0 saturated carbocycles. The van der Waals surface area contributed by atoms with E-state index in [1.165, 1.54) is 11.4 Å². The fourth-order valence-corrected chi connectivity index (χ4v) is 4.22. The van der Waals surface area contributed by atoms with Gasteiger partial charge in [-0.2, -0.15) is 0 Å². The first-order chi connectivity index (χ1) is 12.7. The molecule has 1 unspecified atom stereocenters. The van der Waals surface area contributed by atoms with Gasteiger partial charge in [-0.1, -0.05) is 43.3 Å². The normalized spacial score (nSPS) is 21.7. The average molecular weight is 431 g/mol. The number of amidine groups is 1. The number of aryl methyl sites for hydroxylation is 1. The van der Waals surface area contributed by atoms with Crippen LogP contribution in [-0.4, -0.2) is 35.7 Å². The van der Waals surface area contributed by atoms with Crippen molar-refractivity contribution >= 4 is 11.5 Å². The van der Waals surface area contributed by atoms with Gasteiger partial charge in [0, 0.05) is 12.0 Å². The maximum absolute atomic E-state index is 11.7. The van der Waals surface area contributed by atoms with Crippen molar-refractivity contribution in [2.45, 2.75) is 38.3 Å². The molecule has 2 aromatic carbocycles. The van der Waals surface area contributed by atoms with E-state index in [2.05, 4.69) is 46.7 Å². The molecule has 144 valence electrons. The zero-order chi connectivity index (χ0) is 18.1. The molecule has 2 heterocycles. The Hall–Kier alpha value is -1.85. The summed E-state index contributed by atoms with van der Waals surface area (Å²) in [4.78, 5) is 2.24. The number of aliphatic hydroxyl groups is 1. The molecule has 2 aliphatic heterocycles. The van der Waals surface area contributed by atoms with E-state index in [4.69, 9.17) is 4.74 Å². The predicted molar refractivity (Wildman–Crippen MR) is 104 cm³/mol. The highest BCUT2D eigenvalue weighted by molar-refractivity contribution is 5.97. The minimum atomic E-state index is -0.997. The number of para-hydroxylation sites is 2. The molecule has 0 fully saturated rings. The fraction of sp³-hybridized carbons (Fsp3) is 0.409. The number of hydrogen-bond acceptors (Lipinski definition) is 3. The van der Waals surface area contributed by atoms with Crippen LogP contribution in [0.3, 0.4) is 0 Å². The largest absolute Gasteiger partial charge is 1.00 e. The standard InChI is InChI=1S/C22H27N2O2.BrH/c1-3-17-11-13-18(14-12-17)22(25)16-23(21-10-6-7-15-24(21)22)19-8-4-5-9-20(19)26-2;/h4-5,8-9,11-14,25H,3,6-7,10,15-16H2,1-2H3;1H/q+1;/p-1. The Morgan fingerprint density at radius 1 is 1.11 bits per heavy atom. The molecule has 0 saturated heterocycles. The van der Waals surface area contributed by atoms with Gasteiger partial charge in [-0.3, -0.25) is 0 Å². The van der Waals surface area contributed by atoms with Gasteiger partial charge in [0.1, 0.15) is 0 Å². The molecule has 0 spiro atoms. The van der Waals surface area contributed by atoms with Crippen LogP contribution in [0.25, 0.3) is 0 Å². The monoisotopic (exact) mass is 430 g/mol. The first-order valence-electron chi connectivity index (χ1n) is 9.53. The van der Waals surface area contributed by atoms with Gasteiger partial charge < -0.3 is 26.8 Å². The van der Waals surface area contributed by atoms with Crippen molar-refractivity contribution < 1.29 is 31.4 Å². The van der Waals surface area contributed by atoms with E-state index in [0.29, 0.717) is 6.54 Å². The summed E-state index contributed by atoms with van der Waals surface area (Å²) in [6.07, 6.45) is 4.25. The first-order valence-corrected chi connectivity index (χ1v) is 9.53. The van der Waals surface area contributed by atoms with Gasteiger partial charge in [-0.25, -0.2) is 9.48 Å². The number of benzene rings is 2. The van der Waals surface area contributed by atoms with Gasteiger partial charge in [0.2, 0.25) is 0 Å². The number of β-amino-alcohol motifs (C(OH)–C–C–N with tert-alkyl or cyclic N) is 1. The molecule has 1 N–H and O–H groups in total. The highest BCUT2D eigenvalue weighted by Crippen LogP contribution is 2.38. The fourth-order valence-electron chi connectivity index (χ4n) is 4.22. The molecular formula is C22H27BrN2O2. The molecule has 0 amide bonds. The lowest BCUT2D eigenvalue weighted by molar-refractivity contribution is -0.661. The second-order valence-corrected chi connectivity index (χ2v) is 7.15. The van der Waals surface area contributed by atoms with Gasteiger partial charge >= 0.3 is 0 Å². The Kier molecular flexibility index (Phi) is 5.92. The van der Waals surface area contributed by atoms with Crippen molar-refractivity contribution in [3.8, 4) is 5.75 Å². The molecule has 4 rings (SSSR count). The van der Waals surface area contributed by atoms with E-state index in [1.54, 1.807) is 7.11 Å². The summed E-state index contributed by atoms with van der Waals surface area (Å²) in [6.45, 7) is 3.56. The summed E-state index contributed by atoms with van der Waals surface area (Å²) in [7, 11) is 1.70. The number of ether oxygens (including phenoxy) is 1. The second-order valence-electron chi connectivity index (χ2n) is 7.15. The molecule has 2 aromatic rings. The van der Waals surface area contributed by atoms with Crippen molar-refractivity contribution in [3.05, 3.63) is 59.7 Å². The van der Waals surface area contributed by atoms with E-state index in [-0.39, 0.29) is 17.0 Å². The van der Waals surface area contributed by atoms with Crippen LogP contribution in [0.15, 0.2) is 48.5 Å². The summed E-state index contributed by atoms with van der Waals surface area (Å²) < 4.78 is 7.78. The zero-order valence-corrected chi connectivity index (χ0v) is 17.6. The smallest absolute Gasteiger partial charge is 0.271 e. The minimum absolute atomic E-state index is 0. The Morgan fingerprint density at radius 3 is 2.56 bits per heavy atom. The first kappa shape index (κ1) is 19.9. The highest BCUT2D eigenvalue weighted by Gasteiger charge is 2.52. The van der Waals surface area contributed by atoms with Crippen LogP contribution < -0.4 is 26.6 Å². The van der Waals surface area contributed by atoms with Gasteiger partial charge in [0.25, 0.3) is 11.6 Å². The molecule has 5 heteroatoms. The third-order valence-corrected chi connectivity index (χ3v) is 5.68. The van der Waals surface area contributed by atoms with Crippen molar-refractivity contribution in [2.24, 2.45) is 0 Å². The quantitative estimate of drug-likeness (QED) is 0.718. The van der Waals surface area contributed by atoms with Gasteiger partial charge in [-0.05, 0) is 37.0 Å². The average Bonchev–Trinajstić information content (AvgIpc) is 3.02. The van der Waals surface area contributed by atoms with Crippen molar-refractivity contribution in [2.75, 3.05) is 25.1 Å². The number of hydrogen-bond donors (Lipinski definition) is 1. The Bertz CT molecular complexity index is 834. The third-order valence-electron chi connectivity index (χ3n) is 5.68. The van der Waals surface area contributed by atoms with Crippen LogP contribution in [-0.2, 0) is 12.1 Å². The zero-order valence-electron chi connectivity index (χ0n) is 16.0. The predicted octanol–water partition coefficient (Wildman–Crippen LogP) is 0.522. The molecule has 0 aliphatic carbocycles. The minimum Gasteiger partial charge on any atom is -1.00 e. The van der Waals surface area contributed by atoms with Crippen molar-refractivity contribution in [1.29, 1.82) is 0 Å². The molecule has 0 bridgehead atoms. The molecule has 27 heavy (non-hydrogen) atoms. The van der Waals surface area contributed by atoms with Crippen LogP contribution in [0.1, 0.15) is 37.3 Å². The lowest BCUT2D eigenvalue weighted by Crippen LogP contribution is -3.00. The van der Waals surface area contributed by atoms with E-state index in [0.717, 1.165) is 49.2 Å². The molecular weight excluding hydrogens is 404 g/mol. The molecule has 4 nitrogen and oxygen atoms in total. The second kappa shape index (κ2) is 8.03. The van der Waals surface area contributed by atoms with Crippen molar-refractivity contribution in [1.82, 2.24) is 0 Å². The van der Waals surface area contributed by atoms with Gasteiger partial charge in [0.05, 0.1) is 13.7 Å². The summed E-state index contributed by atoms with van der Waals surface area (Å²) in [5, 5.41) is 11.7. The van der Waals surface area contributed by atoms with Crippen LogP contribution in [0.2, 0.25) is 0 Å². The number of rotatable bonds is 4. The lowest BCUT2D eigenvalue weighted by atomic mass is 9.99. The van der Waals surface area contributed by atoms with Gasteiger partial charge in [-0.15, -0.1) is 0 Å². The summed E-state index contributed by atoms with van der Waals surface area (Å²) >= 11 is 0. The molecule has 0 aromatic heterocycles. The van der Waals surface area contributed by atoms with Crippen LogP contribution in [0, 0.1) is 0 Å². The molecule has 2 aliphatic rings. The van der Waals surface area contributed by atoms with Crippen molar-refractivity contribution in [3.63, 3.8) is 0 Å². The SMILES string of the molecule is CCc1ccc(C2(O)CN(c3ccccc3OC)C3=[N+]2CCCC3)cc1.[Br-]. The highest BCUT2D eigenvalue weighted by atomic mass is 79.9. The van der Waals surface area contributed by atoms with E-state index in [1.807, 2.05) is 18.2 Å². The number of methoxy groups -OCH3 is 1. The number of nitrogens with zero attached hydrogens (tertiary/aromatic N) is 2. The lowest BCUT2D eigenvalue weighted by Gasteiger charge is -2.24. The van der Waals surface area contributed by atoms with E-state index < -0.39 is 5.72 Å². The van der Waals surface area contributed by atoms with Crippen LogP contribution >= 0.6 is 0 Å². The van der Waals surface area contributed by atoms with Gasteiger partial charge in [0.15, 0.2) is 18.0 Å². The summed E-state index contributed by atoms with van der Waals surface area (Å²) in [5.74, 6) is 2.04. The van der Waals surface area contributed by atoms with E-state index in [9.17, 15) is 5.11 Å².